The first-order valence-corrected chi connectivity index (χ1v) is 9.12. The van der Waals surface area contributed by atoms with Gasteiger partial charge in [-0.15, -0.1) is 0 Å². The number of nitro benzene ring substituents is 1. The molecule has 28 heavy (non-hydrogen) atoms. The molecule has 150 valence electrons. The van der Waals surface area contributed by atoms with Gasteiger partial charge < -0.3 is 19.8 Å². The number of carbonyl (C=O) groups is 3. The van der Waals surface area contributed by atoms with Crippen molar-refractivity contribution in [3.8, 4) is 0 Å². The Hall–Kier alpha value is -3.17. The molecule has 2 aliphatic heterocycles. The van der Waals surface area contributed by atoms with Gasteiger partial charge in [0.1, 0.15) is 11.7 Å². The molecule has 10 heteroatoms. The minimum atomic E-state index is -1.07. The van der Waals surface area contributed by atoms with Crippen LogP contribution in [0.3, 0.4) is 0 Å². The highest BCUT2D eigenvalue weighted by atomic mass is 16.6. The van der Waals surface area contributed by atoms with Crippen LogP contribution in [-0.2, 0) is 9.59 Å². The molecule has 1 atom stereocenters. The van der Waals surface area contributed by atoms with E-state index < -0.39 is 22.8 Å². The molecule has 2 aliphatic rings. The molecule has 1 aromatic carbocycles. The fourth-order valence-corrected chi connectivity index (χ4v) is 3.76. The maximum absolute atomic E-state index is 12.7. The average molecular weight is 390 g/mol. The van der Waals surface area contributed by atoms with Crippen LogP contribution in [0, 0.1) is 10.1 Å². The van der Waals surface area contributed by atoms with Crippen molar-refractivity contribution in [3.63, 3.8) is 0 Å². The molecule has 0 bridgehead atoms. The van der Waals surface area contributed by atoms with E-state index in [9.17, 15) is 29.6 Å². The van der Waals surface area contributed by atoms with Gasteiger partial charge in [0.25, 0.3) is 11.6 Å². The van der Waals surface area contributed by atoms with Gasteiger partial charge in [-0.2, -0.15) is 0 Å². The second-order valence-corrected chi connectivity index (χ2v) is 6.95. The number of nitro groups is 1. The molecule has 1 N–H and O–H groups in total. The van der Waals surface area contributed by atoms with Crippen LogP contribution in [0.2, 0.25) is 0 Å². The number of hydrogen-bond donors (Lipinski definition) is 1. The van der Waals surface area contributed by atoms with Crippen LogP contribution in [0.5, 0.6) is 0 Å². The highest BCUT2D eigenvalue weighted by Gasteiger charge is 2.35. The van der Waals surface area contributed by atoms with Crippen molar-refractivity contribution in [2.45, 2.75) is 25.8 Å². The second-order valence-electron chi connectivity index (χ2n) is 6.95. The Morgan fingerprint density at radius 3 is 2.39 bits per heavy atom. The number of piperazine rings is 1. The molecule has 2 saturated heterocycles. The van der Waals surface area contributed by atoms with E-state index >= 15 is 0 Å². The summed E-state index contributed by atoms with van der Waals surface area (Å²) in [7, 11) is 0. The SMILES string of the molecule is CC(=O)N1CCN(c2ccc(C(=O)N3CCC[C@H]3C(=O)O)cc2[N+](=O)[O-])CC1. The number of amides is 2. The van der Waals surface area contributed by atoms with Gasteiger partial charge in [0.2, 0.25) is 5.91 Å². The average Bonchev–Trinajstić information content (AvgIpc) is 3.17. The molecule has 0 aliphatic carbocycles. The summed E-state index contributed by atoms with van der Waals surface area (Å²) in [4.78, 5) is 51.3. The molecular weight excluding hydrogens is 368 g/mol. The lowest BCUT2D eigenvalue weighted by atomic mass is 10.1. The second kappa shape index (κ2) is 7.83. The van der Waals surface area contributed by atoms with Crippen LogP contribution >= 0.6 is 0 Å². The number of hydrogen-bond acceptors (Lipinski definition) is 6. The smallest absolute Gasteiger partial charge is 0.326 e. The molecule has 0 spiro atoms. The van der Waals surface area contributed by atoms with Gasteiger partial charge in [0.05, 0.1) is 4.92 Å². The number of carbonyl (C=O) groups excluding carboxylic acids is 2. The molecule has 10 nitrogen and oxygen atoms in total. The number of rotatable bonds is 4. The van der Waals surface area contributed by atoms with E-state index in [1.165, 1.54) is 30.0 Å². The summed E-state index contributed by atoms with van der Waals surface area (Å²) in [6.07, 6.45) is 0.963. The first kappa shape index (κ1) is 19.6. The maximum atomic E-state index is 12.7. The Balaban J connectivity index is 1.84. The van der Waals surface area contributed by atoms with Crippen LogP contribution in [-0.4, -0.2) is 76.4 Å². The lowest BCUT2D eigenvalue weighted by Crippen LogP contribution is -2.48. The van der Waals surface area contributed by atoms with E-state index in [1.54, 1.807) is 4.90 Å². The Kier molecular flexibility index (Phi) is 5.48. The van der Waals surface area contributed by atoms with Gasteiger partial charge in [-0.1, -0.05) is 0 Å². The lowest BCUT2D eigenvalue weighted by Gasteiger charge is -2.35. The van der Waals surface area contributed by atoms with E-state index in [1.807, 2.05) is 4.90 Å². The molecule has 3 rings (SSSR count). The Labute approximate surface area is 161 Å². The summed E-state index contributed by atoms with van der Waals surface area (Å²) in [6.45, 7) is 3.67. The van der Waals surface area contributed by atoms with Crippen molar-refractivity contribution in [3.05, 3.63) is 33.9 Å². The largest absolute Gasteiger partial charge is 0.480 e. The van der Waals surface area contributed by atoms with Gasteiger partial charge in [-0.25, -0.2) is 4.79 Å². The van der Waals surface area contributed by atoms with Crippen molar-refractivity contribution in [2.75, 3.05) is 37.6 Å². The number of anilines is 1. The summed E-state index contributed by atoms with van der Waals surface area (Å²) in [5, 5.41) is 20.9. The quantitative estimate of drug-likeness (QED) is 0.599. The minimum Gasteiger partial charge on any atom is -0.480 e. The van der Waals surface area contributed by atoms with Crippen LogP contribution in [0.1, 0.15) is 30.1 Å². The number of carboxylic acids is 1. The lowest BCUT2D eigenvalue weighted by molar-refractivity contribution is -0.384. The molecule has 0 unspecified atom stereocenters. The number of benzene rings is 1. The van der Waals surface area contributed by atoms with Crippen molar-refractivity contribution in [1.29, 1.82) is 0 Å². The van der Waals surface area contributed by atoms with E-state index in [0.29, 0.717) is 51.3 Å². The van der Waals surface area contributed by atoms with Crippen LogP contribution < -0.4 is 4.90 Å². The summed E-state index contributed by atoms with van der Waals surface area (Å²) < 4.78 is 0. The molecule has 0 radical (unpaired) electrons. The Bertz CT molecular complexity index is 818. The van der Waals surface area contributed by atoms with Crippen molar-refractivity contribution in [1.82, 2.24) is 9.80 Å². The minimum absolute atomic E-state index is 0.0336. The van der Waals surface area contributed by atoms with Gasteiger partial charge in [0.15, 0.2) is 0 Å². The number of likely N-dealkylation sites (tertiary alicyclic amines) is 1. The van der Waals surface area contributed by atoms with Crippen molar-refractivity contribution < 1.29 is 24.4 Å². The summed E-state index contributed by atoms with van der Waals surface area (Å²) in [5.41, 5.74) is 0.292. The number of carboxylic acid groups (broad SMARTS) is 1. The zero-order valence-corrected chi connectivity index (χ0v) is 15.5. The Morgan fingerprint density at radius 2 is 1.82 bits per heavy atom. The molecule has 2 amide bonds. The maximum Gasteiger partial charge on any atom is 0.326 e. The Morgan fingerprint density at radius 1 is 1.14 bits per heavy atom. The molecule has 1 aromatic rings. The van der Waals surface area contributed by atoms with Gasteiger partial charge >= 0.3 is 5.97 Å². The van der Waals surface area contributed by atoms with Crippen molar-refractivity contribution >= 4 is 29.2 Å². The topological polar surface area (TPSA) is 124 Å². The highest BCUT2D eigenvalue weighted by molar-refractivity contribution is 5.98. The third-order valence-corrected chi connectivity index (χ3v) is 5.28. The van der Waals surface area contributed by atoms with Gasteiger partial charge in [-0.05, 0) is 25.0 Å². The van der Waals surface area contributed by atoms with Crippen LogP contribution in [0.25, 0.3) is 0 Å². The number of aliphatic carboxylic acids is 1. The monoisotopic (exact) mass is 390 g/mol. The molecule has 0 saturated carbocycles. The predicted molar refractivity (Wildman–Crippen MR) is 99.3 cm³/mol. The molecular formula is C18H22N4O6. The van der Waals surface area contributed by atoms with Crippen molar-refractivity contribution in [2.24, 2.45) is 0 Å². The van der Waals surface area contributed by atoms with E-state index in [4.69, 9.17) is 0 Å². The molecule has 2 fully saturated rings. The zero-order chi connectivity index (χ0) is 20.4. The summed E-state index contributed by atoms with van der Waals surface area (Å²) in [5.74, 6) is -1.62. The fourth-order valence-electron chi connectivity index (χ4n) is 3.76. The van der Waals surface area contributed by atoms with Crippen LogP contribution in [0.15, 0.2) is 18.2 Å². The van der Waals surface area contributed by atoms with Gasteiger partial charge in [0, 0.05) is 51.3 Å². The van der Waals surface area contributed by atoms with E-state index in [-0.39, 0.29) is 17.2 Å². The summed E-state index contributed by atoms with van der Waals surface area (Å²) >= 11 is 0. The van der Waals surface area contributed by atoms with E-state index in [0.717, 1.165) is 0 Å². The number of nitrogens with zero attached hydrogens (tertiary/aromatic N) is 4. The zero-order valence-electron chi connectivity index (χ0n) is 15.5. The highest BCUT2D eigenvalue weighted by Crippen LogP contribution is 2.31. The van der Waals surface area contributed by atoms with Gasteiger partial charge in [-0.3, -0.25) is 19.7 Å². The third-order valence-electron chi connectivity index (χ3n) is 5.28. The fraction of sp³-hybridized carbons (Fsp3) is 0.500. The first-order valence-electron chi connectivity index (χ1n) is 9.12. The first-order chi connectivity index (χ1) is 13.3. The molecule has 0 aromatic heterocycles. The van der Waals surface area contributed by atoms with E-state index in [2.05, 4.69) is 0 Å². The molecule has 2 heterocycles. The van der Waals surface area contributed by atoms with Crippen LogP contribution in [0.4, 0.5) is 11.4 Å². The standard InChI is InChI=1S/C18H22N4O6/c1-12(23)19-7-9-20(10-8-19)14-5-4-13(11-16(14)22(27)28)17(24)21-6-2-3-15(21)18(25)26/h4-5,11,15H,2-3,6-10H2,1H3,(H,25,26)/t15-/m0/s1. The third kappa shape index (κ3) is 3.75. The predicted octanol–water partition coefficient (Wildman–Crippen LogP) is 0.952. The normalized spacial score (nSPS) is 19.6. The summed E-state index contributed by atoms with van der Waals surface area (Å²) in [6, 6.07) is 3.34.